The summed E-state index contributed by atoms with van der Waals surface area (Å²) in [7, 11) is 0. The van der Waals surface area contributed by atoms with Gasteiger partial charge in [0.1, 0.15) is 6.54 Å². The molecule has 0 aliphatic rings. The molecule has 0 aliphatic heterocycles. The van der Waals surface area contributed by atoms with Crippen LogP contribution in [0.25, 0.3) is 0 Å². The van der Waals surface area contributed by atoms with Crippen LogP contribution < -0.4 is 0 Å². The van der Waals surface area contributed by atoms with Crippen LogP contribution in [0.1, 0.15) is 12.5 Å². The Hall–Kier alpha value is -2.05. The molecular formula is C14H16F3NO3. The van der Waals surface area contributed by atoms with Gasteiger partial charge in [0.05, 0.1) is 6.61 Å². The molecule has 1 aromatic rings. The fourth-order valence-electron chi connectivity index (χ4n) is 1.70. The van der Waals surface area contributed by atoms with E-state index in [2.05, 4.69) is 4.74 Å². The maximum Gasteiger partial charge on any atom is 0.471 e. The summed E-state index contributed by atoms with van der Waals surface area (Å²) in [6, 6.07) is 8.75. The first-order valence-electron chi connectivity index (χ1n) is 6.40. The lowest BCUT2D eigenvalue weighted by Gasteiger charge is -2.22. The van der Waals surface area contributed by atoms with E-state index in [1.54, 1.807) is 30.3 Å². The predicted octanol–water partition coefficient (Wildman–Crippen LogP) is 2.18. The number of rotatable bonds is 6. The van der Waals surface area contributed by atoms with Crippen molar-refractivity contribution in [2.24, 2.45) is 0 Å². The molecule has 0 fully saturated rings. The summed E-state index contributed by atoms with van der Waals surface area (Å²) < 4.78 is 42.1. The Labute approximate surface area is 120 Å². The highest BCUT2D eigenvalue weighted by Gasteiger charge is 2.42. The van der Waals surface area contributed by atoms with Crippen molar-refractivity contribution in [3.63, 3.8) is 0 Å². The van der Waals surface area contributed by atoms with E-state index >= 15 is 0 Å². The fraction of sp³-hybridized carbons (Fsp3) is 0.429. The van der Waals surface area contributed by atoms with Crippen molar-refractivity contribution in [3.8, 4) is 0 Å². The van der Waals surface area contributed by atoms with Gasteiger partial charge in [-0.1, -0.05) is 30.3 Å². The Morgan fingerprint density at radius 1 is 1.19 bits per heavy atom. The zero-order valence-corrected chi connectivity index (χ0v) is 11.5. The molecule has 0 spiro atoms. The van der Waals surface area contributed by atoms with E-state index in [9.17, 15) is 22.8 Å². The normalized spacial score (nSPS) is 11.0. The van der Waals surface area contributed by atoms with E-state index in [0.717, 1.165) is 5.56 Å². The molecule has 1 aromatic carbocycles. The van der Waals surface area contributed by atoms with Crippen molar-refractivity contribution >= 4 is 11.9 Å². The molecule has 7 heteroatoms. The number of nitrogens with zero attached hydrogens (tertiary/aromatic N) is 1. The Morgan fingerprint density at radius 3 is 2.33 bits per heavy atom. The molecule has 116 valence electrons. The maximum atomic E-state index is 12.5. The van der Waals surface area contributed by atoms with Crippen molar-refractivity contribution in [3.05, 3.63) is 35.9 Å². The Balaban J connectivity index is 2.72. The molecule has 21 heavy (non-hydrogen) atoms. The molecule has 0 aliphatic carbocycles. The molecule has 0 aromatic heterocycles. The van der Waals surface area contributed by atoms with Gasteiger partial charge in [0.25, 0.3) is 0 Å². The first-order chi connectivity index (χ1) is 9.84. The number of carbonyl (C=O) groups excluding carboxylic acids is 2. The molecule has 1 amide bonds. The van der Waals surface area contributed by atoms with Crippen molar-refractivity contribution in [2.45, 2.75) is 19.5 Å². The van der Waals surface area contributed by atoms with E-state index < -0.39 is 24.6 Å². The van der Waals surface area contributed by atoms with Crippen LogP contribution in [0.15, 0.2) is 30.3 Å². The van der Waals surface area contributed by atoms with Crippen molar-refractivity contribution in [1.82, 2.24) is 4.90 Å². The lowest BCUT2D eigenvalue weighted by Crippen LogP contribution is -2.45. The van der Waals surface area contributed by atoms with Gasteiger partial charge in [-0.05, 0) is 18.9 Å². The summed E-state index contributed by atoms with van der Waals surface area (Å²) in [5, 5.41) is 0. The number of hydrogen-bond acceptors (Lipinski definition) is 3. The van der Waals surface area contributed by atoms with Crippen molar-refractivity contribution in [2.75, 3.05) is 19.7 Å². The highest BCUT2D eigenvalue weighted by atomic mass is 19.4. The van der Waals surface area contributed by atoms with Gasteiger partial charge in [0.2, 0.25) is 0 Å². The van der Waals surface area contributed by atoms with E-state index in [-0.39, 0.29) is 19.6 Å². The molecule has 0 N–H and O–H groups in total. The average Bonchev–Trinajstić information content (AvgIpc) is 2.43. The number of carbonyl (C=O) groups is 2. The number of ether oxygens (including phenoxy) is 1. The summed E-state index contributed by atoms with van der Waals surface area (Å²) in [5.41, 5.74) is 0.779. The third kappa shape index (κ3) is 5.85. The van der Waals surface area contributed by atoms with Gasteiger partial charge in [-0.15, -0.1) is 0 Å². The SMILES string of the molecule is CCOC(=O)CN(CCc1ccccc1)C(=O)C(F)(F)F. The molecule has 0 bridgehead atoms. The molecule has 0 radical (unpaired) electrons. The summed E-state index contributed by atoms with van der Waals surface area (Å²) in [6.07, 6.45) is -4.79. The van der Waals surface area contributed by atoms with Gasteiger partial charge in [-0.3, -0.25) is 9.59 Å². The summed E-state index contributed by atoms with van der Waals surface area (Å²) >= 11 is 0. The minimum atomic E-state index is -5.01. The van der Waals surface area contributed by atoms with E-state index in [4.69, 9.17) is 0 Å². The average molecular weight is 303 g/mol. The minimum absolute atomic E-state index is 0.0472. The van der Waals surface area contributed by atoms with Crippen LogP contribution >= 0.6 is 0 Å². The second-order valence-corrected chi connectivity index (χ2v) is 4.27. The van der Waals surface area contributed by atoms with E-state index in [0.29, 0.717) is 4.90 Å². The molecular weight excluding hydrogens is 287 g/mol. The molecule has 4 nitrogen and oxygen atoms in total. The monoisotopic (exact) mass is 303 g/mol. The van der Waals surface area contributed by atoms with Gasteiger partial charge in [-0.25, -0.2) is 0 Å². The number of hydrogen-bond donors (Lipinski definition) is 0. The van der Waals surface area contributed by atoms with Gasteiger partial charge in [0, 0.05) is 6.54 Å². The number of benzene rings is 1. The highest BCUT2D eigenvalue weighted by molar-refractivity contribution is 5.85. The third-order valence-electron chi connectivity index (χ3n) is 2.67. The van der Waals surface area contributed by atoms with Gasteiger partial charge >= 0.3 is 18.1 Å². The van der Waals surface area contributed by atoms with Gasteiger partial charge in [-0.2, -0.15) is 13.2 Å². The van der Waals surface area contributed by atoms with Crippen LogP contribution in [-0.2, 0) is 20.7 Å². The van der Waals surface area contributed by atoms with Crippen LogP contribution in [0.4, 0.5) is 13.2 Å². The van der Waals surface area contributed by atoms with Gasteiger partial charge in [0.15, 0.2) is 0 Å². The molecule has 0 heterocycles. The smallest absolute Gasteiger partial charge is 0.465 e. The quantitative estimate of drug-likeness (QED) is 0.757. The molecule has 1 rings (SSSR count). The molecule has 0 atom stereocenters. The maximum absolute atomic E-state index is 12.5. The van der Waals surface area contributed by atoms with Crippen molar-refractivity contribution < 1.29 is 27.5 Å². The first-order valence-corrected chi connectivity index (χ1v) is 6.40. The Bertz CT molecular complexity index is 474. The summed E-state index contributed by atoms with van der Waals surface area (Å²) in [4.78, 5) is 23.1. The Kier molecular flexibility index (Phi) is 6.20. The van der Waals surface area contributed by atoms with Crippen LogP contribution in [0, 0.1) is 0 Å². The Morgan fingerprint density at radius 2 is 1.81 bits per heavy atom. The topological polar surface area (TPSA) is 46.6 Å². The van der Waals surface area contributed by atoms with E-state index in [1.807, 2.05) is 0 Å². The zero-order valence-electron chi connectivity index (χ0n) is 11.5. The van der Waals surface area contributed by atoms with Crippen LogP contribution in [0.3, 0.4) is 0 Å². The van der Waals surface area contributed by atoms with E-state index in [1.165, 1.54) is 6.92 Å². The lowest BCUT2D eigenvalue weighted by molar-refractivity contribution is -0.187. The van der Waals surface area contributed by atoms with Crippen LogP contribution in [-0.4, -0.2) is 42.6 Å². The number of esters is 1. The fourth-order valence-corrected chi connectivity index (χ4v) is 1.70. The van der Waals surface area contributed by atoms with Crippen LogP contribution in [0.2, 0.25) is 0 Å². The first kappa shape index (κ1) is 17.0. The van der Waals surface area contributed by atoms with Crippen molar-refractivity contribution in [1.29, 1.82) is 0 Å². The number of alkyl halides is 3. The largest absolute Gasteiger partial charge is 0.471 e. The molecule has 0 saturated carbocycles. The highest BCUT2D eigenvalue weighted by Crippen LogP contribution is 2.18. The number of amides is 1. The van der Waals surface area contributed by atoms with Gasteiger partial charge < -0.3 is 9.64 Å². The second kappa shape index (κ2) is 7.66. The minimum Gasteiger partial charge on any atom is -0.465 e. The van der Waals surface area contributed by atoms with Crippen LogP contribution in [0.5, 0.6) is 0 Å². The third-order valence-corrected chi connectivity index (χ3v) is 2.67. The summed E-state index contributed by atoms with van der Waals surface area (Å²) in [6.45, 7) is 0.670. The zero-order chi connectivity index (χ0) is 15.9. The summed E-state index contributed by atoms with van der Waals surface area (Å²) in [5.74, 6) is -2.89. The second-order valence-electron chi connectivity index (χ2n) is 4.27. The molecule has 0 unspecified atom stereocenters. The lowest BCUT2D eigenvalue weighted by atomic mass is 10.1. The number of halogens is 3. The predicted molar refractivity (Wildman–Crippen MR) is 69.4 cm³/mol. The molecule has 0 saturated heterocycles. The standard InChI is InChI=1S/C14H16F3NO3/c1-2-21-12(19)10-18(13(20)14(15,16)17)9-8-11-6-4-3-5-7-11/h3-7H,2,8-10H2,1H3.